The lowest BCUT2D eigenvalue weighted by Crippen LogP contribution is -2.25. The van der Waals surface area contributed by atoms with Crippen LogP contribution in [-0.4, -0.2) is 29.9 Å². The number of ether oxygens (including phenoxy) is 2. The number of nitrogens with zero attached hydrogens (tertiary/aromatic N) is 3. The van der Waals surface area contributed by atoms with Crippen LogP contribution in [0.1, 0.15) is 49.0 Å². The van der Waals surface area contributed by atoms with Crippen molar-refractivity contribution in [1.29, 1.82) is 0 Å². The van der Waals surface area contributed by atoms with Crippen LogP contribution in [0.25, 0.3) is 0 Å². The van der Waals surface area contributed by atoms with Gasteiger partial charge in [-0.05, 0) is 31.7 Å². The number of aromatic nitrogens is 2. The van der Waals surface area contributed by atoms with E-state index in [0.717, 1.165) is 42.3 Å². The van der Waals surface area contributed by atoms with Crippen LogP contribution >= 0.6 is 0 Å². The Morgan fingerprint density at radius 2 is 2.00 bits per heavy atom. The van der Waals surface area contributed by atoms with Crippen LogP contribution in [0.3, 0.4) is 0 Å². The molecular weight excluding hydrogens is 294 g/mol. The molecule has 1 saturated heterocycles. The molecule has 0 bridgehead atoms. The second-order valence-electron chi connectivity index (χ2n) is 6.43. The number of benzene rings is 1. The Kier molecular flexibility index (Phi) is 2.96. The summed E-state index contributed by atoms with van der Waals surface area (Å²) in [5.41, 5.74) is 1.16. The number of rotatable bonds is 3. The van der Waals surface area contributed by atoms with Crippen molar-refractivity contribution >= 4 is 6.01 Å². The lowest BCUT2D eigenvalue weighted by Gasteiger charge is -2.27. The summed E-state index contributed by atoms with van der Waals surface area (Å²) in [6, 6.07) is 6.97. The van der Waals surface area contributed by atoms with Gasteiger partial charge in [-0.1, -0.05) is 17.3 Å². The molecule has 6 heteroatoms. The quantitative estimate of drug-likeness (QED) is 0.868. The molecule has 0 amide bonds. The van der Waals surface area contributed by atoms with E-state index in [0.29, 0.717) is 25.1 Å². The van der Waals surface area contributed by atoms with Gasteiger partial charge in [-0.25, -0.2) is 0 Å². The smallest absolute Gasteiger partial charge is 0.324 e. The molecule has 0 radical (unpaired) electrons. The molecule has 1 saturated carbocycles. The maximum absolute atomic E-state index is 5.89. The monoisotopic (exact) mass is 313 g/mol. The van der Waals surface area contributed by atoms with Crippen LogP contribution in [0.2, 0.25) is 0 Å². The highest BCUT2D eigenvalue weighted by Crippen LogP contribution is 2.45. The second-order valence-corrected chi connectivity index (χ2v) is 6.43. The standard InChI is InChI=1S/C17H19N3O3/c1-3-12(15-14(5-1)21-9-10-22-15)13-4-2-8-20(13)17-18-16(19-23-17)11-6-7-11/h1,3,5,11,13H,2,4,6-10H2/t13-/m0/s1. The van der Waals surface area contributed by atoms with Crippen LogP contribution in [-0.2, 0) is 0 Å². The third-order valence-corrected chi connectivity index (χ3v) is 4.83. The van der Waals surface area contributed by atoms with Crippen molar-refractivity contribution in [2.24, 2.45) is 0 Å². The molecule has 5 rings (SSSR count). The molecule has 2 aliphatic heterocycles. The Balaban J connectivity index is 1.49. The summed E-state index contributed by atoms with van der Waals surface area (Å²) in [5.74, 6) is 3.08. The van der Waals surface area contributed by atoms with Crippen LogP contribution in [0, 0.1) is 0 Å². The largest absolute Gasteiger partial charge is 0.486 e. The first-order valence-electron chi connectivity index (χ1n) is 8.39. The van der Waals surface area contributed by atoms with Gasteiger partial charge in [-0.15, -0.1) is 0 Å². The van der Waals surface area contributed by atoms with Gasteiger partial charge in [-0.3, -0.25) is 0 Å². The van der Waals surface area contributed by atoms with Crippen LogP contribution < -0.4 is 14.4 Å². The Bertz CT molecular complexity index is 726. The van der Waals surface area contributed by atoms with E-state index in [9.17, 15) is 0 Å². The van der Waals surface area contributed by atoms with Gasteiger partial charge in [0.05, 0.1) is 6.04 Å². The second kappa shape index (κ2) is 5.15. The normalized spacial score (nSPS) is 23.3. The first-order chi connectivity index (χ1) is 11.4. The molecule has 2 aromatic rings. The summed E-state index contributed by atoms with van der Waals surface area (Å²) in [4.78, 5) is 6.83. The summed E-state index contributed by atoms with van der Waals surface area (Å²) in [5, 5.41) is 4.15. The van der Waals surface area contributed by atoms with E-state index in [1.54, 1.807) is 0 Å². The summed E-state index contributed by atoms with van der Waals surface area (Å²) in [6.07, 6.45) is 4.52. The highest BCUT2D eigenvalue weighted by molar-refractivity contribution is 5.52. The average molecular weight is 313 g/mol. The fourth-order valence-corrected chi connectivity index (χ4v) is 3.53. The summed E-state index contributed by atoms with van der Waals surface area (Å²) in [6.45, 7) is 2.14. The van der Waals surface area contributed by atoms with Gasteiger partial charge in [-0.2, -0.15) is 4.98 Å². The third-order valence-electron chi connectivity index (χ3n) is 4.83. The molecule has 1 aliphatic carbocycles. The van der Waals surface area contributed by atoms with Gasteiger partial charge < -0.3 is 18.9 Å². The Hall–Kier alpha value is -2.24. The van der Waals surface area contributed by atoms with Crippen molar-refractivity contribution in [3.8, 4) is 11.5 Å². The molecule has 3 heterocycles. The molecular formula is C17H19N3O3. The van der Waals surface area contributed by atoms with E-state index in [4.69, 9.17) is 14.0 Å². The van der Waals surface area contributed by atoms with Gasteiger partial charge in [0, 0.05) is 18.0 Å². The van der Waals surface area contributed by atoms with Gasteiger partial charge in [0.25, 0.3) is 0 Å². The van der Waals surface area contributed by atoms with E-state index >= 15 is 0 Å². The summed E-state index contributed by atoms with van der Waals surface area (Å²) in [7, 11) is 0. The van der Waals surface area contributed by atoms with Crippen molar-refractivity contribution < 1.29 is 14.0 Å². The first kappa shape index (κ1) is 13.2. The predicted octanol–water partition coefficient (Wildman–Crippen LogP) is 3.06. The predicted molar refractivity (Wildman–Crippen MR) is 83.0 cm³/mol. The van der Waals surface area contributed by atoms with E-state index in [-0.39, 0.29) is 6.04 Å². The van der Waals surface area contributed by atoms with E-state index in [1.165, 1.54) is 12.8 Å². The molecule has 1 aromatic heterocycles. The van der Waals surface area contributed by atoms with E-state index in [1.807, 2.05) is 12.1 Å². The van der Waals surface area contributed by atoms with Gasteiger partial charge in [0.1, 0.15) is 13.2 Å². The topological polar surface area (TPSA) is 60.6 Å². The molecule has 6 nitrogen and oxygen atoms in total. The van der Waals surface area contributed by atoms with Gasteiger partial charge in [0.2, 0.25) is 0 Å². The van der Waals surface area contributed by atoms with Crippen LogP contribution in [0.5, 0.6) is 11.5 Å². The van der Waals surface area contributed by atoms with Crippen molar-refractivity contribution in [3.63, 3.8) is 0 Å². The lowest BCUT2D eigenvalue weighted by molar-refractivity contribution is 0.169. The zero-order valence-electron chi connectivity index (χ0n) is 12.9. The van der Waals surface area contributed by atoms with Crippen molar-refractivity contribution in [2.45, 2.75) is 37.6 Å². The Morgan fingerprint density at radius 3 is 2.91 bits per heavy atom. The van der Waals surface area contributed by atoms with Crippen molar-refractivity contribution in [2.75, 3.05) is 24.7 Å². The van der Waals surface area contributed by atoms with Gasteiger partial charge in [0.15, 0.2) is 17.3 Å². The summed E-state index contributed by atoms with van der Waals surface area (Å²) < 4.78 is 17.1. The molecule has 23 heavy (non-hydrogen) atoms. The minimum Gasteiger partial charge on any atom is -0.486 e. The molecule has 1 atom stereocenters. The highest BCUT2D eigenvalue weighted by Gasteiger charge is 2.35. The molecule has 1 aromatic carbocycles. The zero-order valence-corrected chi connectivity index (χ0v) is 12.9. The maximum atomic E-state index is 5.89. The van der Waals surface area contributed by atoms with Gasteiger partial charge >= 0.3 is 6.01 Å². The van der Waals surface area contributed by atoms with Crippen molar-refractivity contribution in [1.82, 2.24) is 10.1 Å². The third kappa shape index (κ3) is 2.24. The molecule has 2 fully saturated rings. The molecule has 3 aliphatic rings. The number of hydrogen-bond acceptors (Lipinski definition) is 6. The molecule has 0 N–H and O–H groups in total. The first-order valence-corrected chi connectivity index (χ1v) is 8.39. The number of anilines is 1. The number of fused-ring (bicyclic) bond motifs is 1. The highest BCUT2D eigenvalue weighted by atomic mass is 16.6. The fourth-order valence-electron chi connectivity index (χ4n) is 3.53. The Labute approximate surface area is 134 Å². The minimum atomic E-state index is 0.208. The number of para-hydroxylation sites is 1. The van der Waals surface area contributed by atoms with E-state index < -0.39 is 0 Å². The summed E-state index contributed by atoms with van der Waals surface area (Å²) >= 11 is 0. The van der Waals surface area contributed by atoms with Crippen molar-refractivity contribution in [3.05, 3.63) is 29.6 Å². The maximum Gasteiger partial charge on any atom is 0.324 e. The lowest BCUT2D eigenvalue weighted by atomic mass is 10.0. The zero-order chi connectivity index (χ0) is 15.2. The molecule has 0 spiro atoms. The minimum absolute atomic E-state index is 0.208. The average Bonchev–Trinajstić information content (AvgIpc) is 3.13. The Morgan fingerprint density at radius 1 is 1.09 bits per heavy atom. The van der Waals surface area contributed by atoms with Crippen LogP contribution in [0.4, 0.5) is 6.01 Å². The molecule has 0 unspecified atom stereocenters. The van der Waals surface area contributed by atoms with E-state index in [2.05, 4.69) is 21.1 Å². The molecule has 120 valence electrons. The number of hydrogen-bond donors (Lipinski definition) is 0. The fraction of sp³-hybridized carbons (Fsp3) is 0.529. The van der Waals surface area contributed by atoms with Crippen LogP contribution in [0.15, 0.2) is 22.7 Å². The SMILES string of the molecule is c1cc2c(c([C@@H]3CCCN3c3nc(C4CC4)no3)c1)OCCO2.